The lowest BCUT2D eigenvalue weighted by atomic mass is 10.2. The lowest BCUT2D eigenvalue weighted by molar-refractivity contribution is -0.145. The number of rotatable bonds is 17. The van der Waals surface area contributed by atoms with Crippen molar-refractivity contribution >= 4 is 28.5 Å². The van der Waals surface area contributed by atoms with Crippen molar-refractivity contribution < 1.29 is 23.7 Å². The maximum absolute atomic E-state index is 12.1. The summed E-state index contributed by atoms with van der Waals surface area (Å²) in [6.45, 7) is 13.1. The Hall–Kier alpha value is -4.19. The van der Waals surface area contributed by atoms with Crippen LogP contribution in [-0.2, 0) is 27.4 Å². The Balaban J connectivity index is 1.45. The minimum absolute atomic E-state index is 0.0465. The number of hydrogen-bond acceptors (Lipinski definition) is 10. The molecule has 4 aromatic rings. The third-order valence-electron chi connectivity index (χ3n) is 7.28. The van der Waals surface area contributed by atoms with E-state index >= 15 is 0 Å². The molecule has 11 nitrogen and oxygen atoms in total. The smallest absolute Gasteiger partial charge is 0.344 e. The summed E-state index contributed by atoms with van der Waals surface area (Å²) in [4.78, 5) is 28.9. The second kappa shape index (κ2) is 16.4. The van der Waals surface area contributed by atoms with E-state index in [9.17, 15) is 4.79 Å². The van der Waals surface area contributed by atoms with E-state index in [1.165, 1.54) is 6.33 Å². The highest BCUT2D eigenvalue weighted by Gasteiger charge is 2.19. The summed E-state index contributed by atoms with van der Waals surface area (Å²) in [7, 11) is 4.22. The number of fused-ring (bicyclic) bond motifs is 1. The van der Waals surface area contributed by atoms with Crippen LogP contribution in [0.2, 0.25) is 0 Å². The van der Waals surface area contributed by atoms with Crippen LogP contribution in [0.3, 0.4) is 0 Å². The van der Waals surface area contributed by atoms with E-state index in [0.717, 1.165) is 53.9 Å². The van der Waals surface area contributed by atoms with Gasteiger partial charge in [0, 0.05) is 31.0 Å². The predicted molar refractivity (Wildman–Crippen MR) is 180 cm³/mol. The molecular formula is C35H48N6O5. The third-order valence-corrected chi connectivity index (χ3v) is 7.28. The average Bonchev–Trinajstić information content (AvgIpc) is 3.42. The Kier molecular flexibility index (Phi) is 12.4. The van der Waals surface area contributed by atoms with Crippen LogP contribution in [0.25, 0.3) is 11.0 Å². The highest BCUT2D eigenvalue weighted by Crippen LogP contribution is 2.34. The van der Waals surface area contributed by atoms with E-state index in [-0.39, 0.29) is 25.0 Å². The van der Waals surface area contributed by atoms with Crippen LogP contribution >= 0.6 is 0 Å². The molecule has 0 saturated heterocycles. The lowest BCUT2D eigenvalue weighted by Crippen LogP contribution is -2.38. The zero-order valence-corrected chi connectivity index (χ0v) is 28.1. The van der Waals surface area contributed by atoms with Gasteiger partial charge in [0.05, 0.1) is 17.6 Å². The van der Waals surface area contributed by atoms with Gasteiger partial charge in [-0.3, -0.25) is 4.90 Å². The molecule has 11 heteroatoms. The first-order valence-electron chi connectivity index (χ1n) is 15.8. The summed E-state index contributed by atoms with van der Waals surface area (Å²) >= 11 is 0. The van der Waals surface area contributed by atoms with Crippen LogP contribution in [0.4, 0.5) is 11.5 Å². The van der Waals surface area contributed by atoms with Crippen LogP contribution in [0.1, 0.15) is 52.2 Å². The van der Waals surface area contributed by atoms with Crippen molar-refractivity contribution in [3.63, 3.8) is 0 Å². The van der Waals surface area contributed by atoms with Crippen LogP contribution in [0.15, 0.2) is 61.1 Å². The van der Waals surface area contributed by atoms with Gasteiger partial charge in [-0.2, -0.15) is 0 Å². The van der Waals surface area contributed by atoms with E-state index in [1.807, 2.05) is 48.7 Å². The van der Waals surface area contributed by atoms with Gasteiger partial charge in [0.25, 0.3) is 0 Å². The minimum atomic E-state index is -0.451. The third kappa shape index (κ3) is 10.4. The molecule has 2 aromatic heterocycles. The fourth-order valence-corrected chi connectivity index (χ4v) is 5.02. The zero-order valence-electron chi connectivity index (χ0n) is 28.1. The van der Waals surface area contributed by atoms with Gasteiger partial charge in [-0.05, 0) is 84.9 Å². The van der Waals surface area contributed by atoms with Crippen molar-refractivity contribution in [3.05, 3.63) is 72.2 Å². The molecule has 0 aliphatic carbocycles. The van der Waals surface area contributed by atoms with E-state index in [4.69, 9.17) is 18.9 Å². The molecule has 248 valence electrons. The van der Waals surface area contributed by atoms with Crippen LogP contribution in [0.5, 0.6) is 11.5 Å². The quantitative estimate of drug-likeness (QED) is 0.104. The number of H-pyrrole nitrogens is 1. The number of benzene rings is 2. The van der Waals surface area contributed by atoms with Crippen molar-refractivity contribution in [2.45, 2.75) is 66.0 Å². The highest BCUT2D eigenvalue weighted by molar-refractivity contribution is 5.92. The Morgan fingerprint density at radius 2 is 1.80 bits per heavy atom. The molecule has 0 aliphatic heterocycles. The van der Waals surface area contributed by atoms with Crippen LogP contribution in [-0.4, -0.2) is 82.9 Å². The first-order valence-corrected chi connectivity index (χ1v) is 15.8. The van der Waals surface area contributed by atoms with Gasteiger partial charge in [-0.15, -0.1) is 0 Å². The predicted octanol–water partition coefficient (Wildman–Crippen LogP) is 6.14. The number of nitrogens with one attached hydrogen (secondary N) is 2. The molecule has 0 amide bonds. The molecule has 2 aromatic carbocycles. The van der Waals surface area contributed by atoms with Gasteiger partial charge in [-0.1, -0.05) is 30.3 Å². The van der Waals surface area contributed by atoms with Gasteiger partial charge < -0.3 is 34.1 Å². The van der Waals surface area contributed by atoms with Crippen LogP contribution in [0, 0.1) is 0 Å². The maximum Gasteiger partial charge on any atom is 0.344 e. The van der Waals surface area contributed by atoms with Crippen molar-refractivity contribution in [2.24, 2.45) is 0 Å². The maximum atomic E-state index is 12.1. The number of anilines is 2. The molecule has 2 heterocycles. The highest BCUT2D eigenvalue weighted by atomic mass is 16.6. The summed E-state index contributed by atoms with van der Waals surface area (Å²) in [5, 5.41) is 4.34. The average molecular weight is 633 g/mol. The molecule has 2 N–H and O–H groups in total. The summed E-state index contributed by atoms with van der Waals surface area (Å²) in [6, 6.07) is 15.4. The van der Waals surface area contributed by atoms with Gasteiger partial charge in [-0.25, -0.2) is 14.8 Å². The summed E-state index contributed by atoms with van der Waals surface area (Å²) in [5.74, 6) is 1.14. The van der Waals surface area contributed by atoms with E-state index < -0.39 is 5.97 Å². The number of aromatic amines is 1. The zero-order chi connectivity index (χ0) is 33.1. The molecule has 46 heavy (non-hydrogen) atoms. The molecule has 0 radical (unpaired) electrons. The number of ether oxygens (including phenoxy) is 4. The largest absolute Gasteiger partial charge is 0.485 e. The van der Waals surface area contributed by atoms with E-state index in [0.29, 0.717) is 23.9 Å². The van der Waals surface area contributed by atoms with Crippen molar-refractivity contribution in [1.82, 2.24) is 24.8 Å². The number of carbonyl (C=O) groups excluding carboxylic acids is 1. The molecule has 4 rings (SSSR count). The number of nitrogens with zero attached hydrogens (tertiary/aromatic N) is 4. The summed E-state index contributed by atoms with van der Waals surface area (Å²) < 4.78 is 23.1. The first kappa shape index (κ1) is 34.7. The summed E-state index contributed by atoms with van der Waals surface area (Å²) in [6.07, 6.45) is 4.56. The minimum Gasteiger partial charge on any atom is -0.485 e. The molecule has 0 aliphatic rings. The number of hydrogen-bond donors (Lipinski definition) is 2. The van der Waals surface area contributed by atoms with E-state index in [2.05, 4.69) is 71.9 Å². The van der Waals surface area contributed by atoms with Gasteiger partial charge in [0.1, 0.15) is 30.6 Å². The van der Waals surface area contributed by atoms with Gasteiger partial charge >= 0.3 is 5.97 Å². The molecule has 0 fully saturated rings. The molecule has 0 bridgehead atoms. The van der Waals surface area contributed by atoms with Crippen LogP contribution < -0.4 is 14.8 Å². The van der Waals surface area contributed by atoms with E-state index in [1.54, 1.807) is 13.0 Å². The van der Waals surface area contributed by atoms with Gasteiger partial charge in [0.2, 0.25) is 0 Å². The number of carbonyl (C=O) groups is 1. The second-order valence-electron chi connectivity index (χ2n) is 12.3. The summed E-state index contributed by atoms with van der Waals surface area (Å²) in [5.41, 5.74) is 3.39. The fraction of sp³-hybridized carbons (Fsp3) is 0.457. The monoisotopic (exact) mass is 632 g/mol. The van der Waals surface area contributed by atoms with Gasteiger partial charge in [0.15, 0.2) is 18.1 Å². The molecular weight excluding hydrogens is 584 g/mol. The Bertz CT molecular complexity index is 1540. The molecule has 1 atom stereocenters. The molecule has 0 saturated carbocycles. The first-order chi connectivity index (χ1) is 22.0. The Morgan fingerprint density at radius 3 is 2.54 bits per heavy atom. The Labute approximate surface area is 272 Å². The SMILES string of the molecule is CCOC(=O)COc1cc(Nc2ncnc3[nH]cc(CN(C)CCCN(C)C(C)OC(C)(C)C)c23)ccc1OCc1ccccc1. The number of esters is 1. The van der Waals surface area contributed by atoms with Crippen molar-refractivity contribution in [3.8, 4) is 11.5 Å². The molecule has 1 unspecified atom stereocenters. The Morgan fingerprint density at radius 1 is 1.02 bits per heavy atom. The number of aromatic nitrogens is 3. The fourth-order valence-electron chi connectivity index (χ4n) is 5.02. The standard InChI is InChI=1S/C35H48N6O5/c1-8-43-31(42)23-45-30-19-28(15-16-29(30)44-22-26-13-10-9-11-14-26)39-34-32-27(20-36-33(32)37-24-38-34)21-40(6)17-12-18-41(7)25(2)46-35(3,4)5/h9-11,13-16,19-20,24-25H,8,12,17-18,21-23H2,1-7H3,(H2,36,37,38,39). The normalized spacial score (nSPS) is 12.5. The molecule has 0 spiro atoms. The topological polar surface area (TPSA) is 114 Å². The van der Waals surface area contributed by atoms with Crippen molar-refractivity contribution in [1.29, 1.82) is 0 Å². The van der Waals surface area contributed by atoms with Crippen molar-refractivity contribution in [2.75, 3.05) is 45.7 Å². The lowest BCUT2D eigenvalue weighted by Gasteiger charge is -2.31. The second-order valence-corrected chi connectivity index (χ2v) is 12.3.